The molecule has 6 atom stereocenters. The third kappa shape index (κ3) is 0.0669. The van der Waals surface area contributed by atoms with E-state index in [1.165, 1.54) is 33.7 Å². The van der Waals surface area contributed by atoms with E-state index in [2.05, 4.69) is 36.9 Å². The quantitative estimate of drug-likeness (QED) is 0.485. The van der Waals surface area contributed by atoms with Crippen LogP contribution in [0.2, 0.25) is 42.3 Å². The average Bonchev–Trinajstić information content (AvgIpc) is 3.22. The minimum absolute atomic E-state index is 0.972. The molecule has 10 saturated heterocycles. The summed E-state index contributed by atoms with van der Waals surface area (Å²) < 4.78 is 3.04. The van der Waals surface area contributed by atoms with E-state index < -0.39 is 6.51 Å². The molecule has 10 fully saturated rings. The van der Waals surface area contributed by atoms with Gasteiger partial charge in [0.05, 0.1) is 0 Å². The van der Waals surface area contributed by atoms with Gasteiger partial charge in [0, 0.05) is 0 Å². The topological polar surface area (TPSA) is 0 Å². The number of fused-ring (bicyclic) bond motifs is 10. The predicted octanol–water partition coefficient (Wildman–Crippen LogP) is 5.21. The molecule has 1 spiro atoms. The number of hydrogen-bond acceptors (Lipinski definition) is 0. The first-order valence-electron chi connectivity index (χ1n) is 8.21. The van der Waals surface area contributed by atoms with Gasteiger partial charge in [0.2, 0.25) is 0 Å². The van der Waals surface area contributed by atoms with Crippen molar-refractivity contribution in [2.24, 2.45) is 11.8 Å². The molecule has 10 aliphatic rings. The molecule has 0 saturated carbocycles. The van der Waals surface area contributed by atoms with E-state index in [9.17, 15) is 0 Å². The van der Waals surface area contributed by atoms with Gasteiger partial charge in [-0.1, -0.05) is 0 Å². The van der Waals surface area contributed by atoms with Crippen LogP contribution in [-0.4, -0.2) is 4.05 Å². The first-order chi connectivity index (χ1) is 8.22. The fourth-order valence-corrected chi connectivity index (χ4v) is 112. The van der Waals surface area contributed by atoms with Gasteiger partial charge < -0.3 is 0 Å². The van der Waals surface area contributed by atoms with Crippen LogP contribution in [0.15, 0.2) is 0 Å². The standard InChI is InChI=1S/C11H18P.C5H5.Fe/c1-7(2)9-5-6-10(12)11(9)8(3)4;1-2-4-5-3-1;/h5-8H,12H2,1-4H3;1-5H;. The van der Waals surface area contributed by atoms with Crippen LogP contribution in [0.1, 0.15) is 27.7 Å². The molecule has 2 heteroatoms. The summed E-state index contributed by atoms with van der Waals surface area (Å²) in [7, 11) is 3.65. The van der Waals surface area contributed by atoms with Crippen molar-refractivity contribution in [3.8, 4) is 0 Å². The van der Waals surface area contributed by atoms with Crippen LogP contribution in [-0.2, 0) is 6.51 Å². The summed E-state index contributed by atoms with van der Waals surface area (Å²) in [5.41, 5.74) is 0. The fraction of sp³-hybridized carbons (Fsp3) is 1.00. The third-order valence-corrected chi connectivity index (χ3v) is 67.0. The Morgan fingerprint density at radius 3 is 1.50 bits per heavy atom. The number of hydrogen-bond donors (Lipinski definition) is 0. The van der Waals surface area contributed by atoms with Crippen molar-refractivity contribution in [2.45, 2.75) is 74.1 Å². The molecule has 0 radical (unpaired) electrons. The predicted molar refractivity (Wildman–Crippen MR) is 73.8 cm³/mol. The first-order valence-corrected chi connectivity index (χ1v) is 14.9. The molecule has 0 aromatic carbocycles. The van der Waals surface area contributed by atoms with E-state index in [4.69, 9.17) is 0 Å². The summed E-state index contributed by atoms with van der Waals surface area (Å²) in [6, 6.07) is 0. The molecule has 6 unspecified atom stereocenters. The van der Waals surface area contributed by atoms with Gasteiger partial charge in [-0.15, -0.1) is 0 Å². The molecule has 0 N–H and O–H groups in total. The molecule has 10 rings (SSSR count). The van der Waals surface area contributed by atoms with Crippen LogP contribution in [0.3, 0.4) is 0 Å². The molecular weight excluding hydrogens is 279 g/mol. The first kappa shape index (κ1) is 7.82. The average molecular weight is 302 g/mol. The van der Waals surface area contributed by atoms with Gasteiger partial charge in [0.25, 0.3) is 0 Å². The van der Waals surface area contributed by atoms with Gasteiger partial charge in [0.15, 0.2) is 0 Å². The fourth-order valence-electron chi connectivity index (χ4n) is 20.9. The Morgan fingerprint density at radius 2 is 1.33 bits per heavy atom. The molecule has 0 aromatic heterocycles. The number of rotatable bonds is 2. The molecule has 18 heavy (non-hydrogen) atoms. The molecule has 0 nitrogen and oxygen atoms in total. The molecule has 0 aromatic rings. The SMILES string of the molecule is CC(C)[C]12[CH]3[CH]4[C]5(P)[C]1(C(C)C)[Fe]43521678[CH]2[CH]1[CH]6[CH]7[CH]28. The van der Waals surface area contributed by atoms with Crippen LogP contribution in [0.25, 0.3) is 0 Å². The Kier molecular flexibility index (Phi) is 0.271. The summed E-state index contributed by atoms with van der Waals surface area (Å²) in [6.45, 7) is 7.50. The van der Waals surface area contributed by atoms with Crippen LogP contribution in [0, 0.1) is 11.8 Å². The molecule has 10 aliphatic heterocycles. The van der Waals surface area contributed by atoms with Crippen LogP contribution < -0.4 is 0 Å². The van der Waals surface area contributed by atoms with E-state index in [-0.39, 0.29) is 0 Å². The zero-order chi connectivity index (χ0) is 12.0. The summed E-state index contributed by atoms with van der Waals surface area (Å²) >= 11 is 0. The maximum atomic E-state index is 3.65. The molecule has 100 valence electrons. The van der Waals surface area contributed by atoms with Crippen molar-refractivity contribution in [2.75, 3.05) is 0 Å². The Hall–Kier alpha value is 0.949. The molecular formula is C16H23FeP. The zero-order valence-electron chi connectivity index (χ0n) is 11.6. The summed E-state index contributed by atoms with van der Waals surface area (Å²) in [5.74, 6) is 2.10. The maximum absolute atomic E-state index is 3.65. The van der Waals surface area contributed by atoms with Gasteiger partial charge in [-0.3, -0.25) is 0 Å². The van der Waals surface area contributed by atoms with Gasteiger partial charge in [-0.2, -0.15) is 0 Å². The Morgan fingerprint density at radius 1 is 0.833 bits per heavy atom. The second-order valence-electron chi connectivity index (χ2n) is 12.3. The Labute approximate surface area is 102 Å². The summed E-state index contributed by atoms with van der Waals surface area (Å²) in [4.78, 5) is 10.1. The van der Waals surface area contributed by atoms with Gasteiger partial charge in [-0.25, -0.2) is 0 Å². The Balaban J connectivity index is 1.75. The minimum atomic E-state index is -3.10. The zero-order valence-corrected chi connectivity index (χ0v) is 13.9. The third-order valence-electron chi connectivity index (χ3n) is 17.0. The monoisotopic (exact) mass is 302 g/mol. The van der Waals surface area contributed by atoms with Crippen LogP contribution in [0.4, 0.5) is 0 Å². The van der Waals surface area contributed by atoms with Crippen molar-refractivity contribution >= 4 is 9.24 Å². The second-order valence-corrected chi connectivity index (χ2v) is 36.8. The summed E-state index contributed by atoms with van der Waals surface area (Å²) in [6.07, 6.45) is 0. The normalized spacial score (nSPS) is 122. The molecule has 10 heterocycles. The van der Waals surface area contributed by atoms with Gasteiger partial charge in [0.1, 0.15) is 0 Å². The second kappa shape index (κ2) is 0.623. The van der Waals surface area contributed by atoms with Crippen molar-refractivity contribution in [3.63, 3.8) is 0 Å². The molecule has 0 aliphatic carbocycles. The van der Waals surface area contributed by atoms with Gasteiger partial charge in [-0.05, 0) is 0 Å². The van der Waals surface area contributed by atoms with E-state index in [0.29, 0.717) is 0 Å². The van der Waals surface area contributed by atoms with Crippen molar-refractivity contribution < 1.29 is 6.51 Å². The van der Waals surface area contributed by atoms with Crippen LogP contribution in [0.5, 0.6) is 0 Å². The molecule has 0 bridgehead atoms. The van der Waals surface area contributed by atoms with Crippen molar-refractivity contribution in [1.29, 1.82) is 0 Å². The van der Waals surface area contributed by atoms with Crippen LogP contribution >= 0.6 is 9.24 Å². The van der Waals surface area contributed by atoms with E-state index in [1.54, 1.807) is 0 Å². The van der Waals surface area contributed by atoms with E-state index >= 15 is 0 Å². The molecule has 0 amide bonds. The van der Waals surface area contributed by atoms with Crippen molar-refractivity contribution in [1.82, 2.24) is 0 Å². The van der Waals surface area contributed by atoms with Gasteiger partial charge >= 0.3 is 102 Å². The summed E-state index contributed by atoms with van der Waals surface area (Å²) in [5, 5.41) is 0. The Bertz CT molecular complexity index is 1040. The van der Waals surface area contributed by atoms with E-state index in [1.807, 2.05) is 0 Å². The van der Waals surface area contributed by atoms with Crippen molar-refractivity contribution in [3.05, 3.63) is 0 Å². The van der Waals surface area contributed by atoms with E-state index in [0.717, 1.165) is 24.5 Å².